The van der Waals surface area contributed by atoms with E-state index < -0.39 is 20.0 Å². The Hall–Kier alpha value is -2.07. The number of hydrogen-bond acceptors (Lipinski definition) is 4. The average molecular weight is 440 g/mol. The summed E-state index contributed by atoms with van der Waals surface area (Å²) in [5.74, 6) is 0. The molecular formula is C18H18ClN3O4S2. The molecule has 0 amide bonds. The van der Waals surface area contributed by atoms with Crippen LogP contribution < -0.4 is 4.72 Å². The summed E-state index contributed by atoms with van der Waals surface area (Å²) < 4.78 is 56.0. The molecule has 2 N–H and O–H groups in total. The number of para-hydroxylation sites is 1. The van der Waals surface area contributed by atoms with Gasteiger partial charge in [0.1, 0.15) is 9.79 Å². The second-order valence-electron chi connectivity index (χ2n) is 6.53. The Labute approximate surface area is 168 Å². The van der Waals surface area contributed by atoms with E-state index in [0.717, 1.165) is 12.8 Å². The molecule has 2 aromatic carbocycles. The Kier molecular flexibility index (Phi) is 4.86. The van der Waals surface area contributed by atoms with Crippen molar-refractivity contribution >= 4 is 48.2 Å². The lowest BCUT2D eigenvalue weighted by Crippen LogP contribution is -2.29. The van der Waals surface area contributed by atoms with E-state index in [1.165, 1.54) is 28.6 Å². The van der Waals surface area contributed by atoms with E-state index in [9.17, 15) is 16.8 Å². The molecule has 1 aliphatic heterocycles. The number of anilines is 1. The van der Waals surface area contributed by atoms with Gasteiger partial charge >= 0.3 is 0 Å². The quantitative estimate of drug-likeness (QED) is 0.636. The third kappa shape index (κ3) is 3.28. The van der Waals surface area contributed by atoms with Crippen LogP contribution in [-0.2, 0) is 20.0 Å². The molecule has 0 atom stereocenters. The lowest BCUT2D eigenvalue weighted by atomic mass is 10.2. The molecule has 0 radical (unpaired) electrons. The molecule has 1 saturated heterocycles. The molecule has 0 unspecified atom stereocenters. The fourth-order valence-corrected chi connectivity index (χ4v) is 6.96. The van der Waals surface area contributed by atoms with Crippen molar-refractivity contribution in [1.29, 1.82) is 0 Å². The Morgan fingerprint density at radius 2 is 1.61 bits per heavy atom. The fourth-order valence-electron chi connectivity index (χ4n) is 3.36. The molecule has 0 spiro atoms. The summed E-state index contributed by atoms with van der Waals surface area (Å²) in [6.45, 7) is 0.787. The highest BCUT2D eigenvalue weighted by molar-refractivity contribution is 7.94. The van der Waals surface area contributed by atoms with Gasteiger partial charge in [0.05, 0.1) is 16.2 Å². The van der Waals surface area contributed by atoms with Crippen LogP contribution in [0.25, 0.3) is 10.9 Å². The molecule has 0 bridgehead atoms. The lowest BCUT2D eigenvalue weighted by Gasteiger charge is -2.18. The Morgan fingerprint density at radius 3 is 2.32 bits per heavy atom. The zero-order valence-electron chi connectivity index (χ0n) is 14.7. The summed E-state index contributed by atoms with van der Waals surface area (Å²) in [6, 6.07) is 10.7. The third-order valence-electron chi connectivity index (χ3n) is 4.73. The summed E-state index contributed by atoms with van der Waals surface area (Å²) in [4.78, 5) is 2.43. The van der Waals surface area contributed by atoms with E-state index in [1.807, 2.05) is 0 Å². The fraction of sp³-hybridized carbons (Fsp3) is 0.222. The van der Waals surface area contributed by atoms with Crippen LogP contribution in [-0.4, -0.2) is 39.2 Å². The molecule has 1 aromatic heterocycles. The number of sulfonamides is 2. The number of benzene rings is 2. The number of halogens is 1. The number of aromatic nitrogens is 1. The zero-order valence-corrected chi connectivity index (χ0v) is 17.1. The highest BCUT2D eigenvalue weighted by Gasteiger charge is 2.32. The van der Waals surface area contributed by atoms with Gasteiger partial charge in [0.25, 0.3) is 10.0 Å². The minimum atomic E-state index is -4.16. The van der Waals surface area contributed by atoms with Crippen LogP contribution in [0.2, 0.25) is 5.02 Å². The van der Waals surface area contributed by atoms with Crippen molar-refractivity contribution < 1.29 is 16.8 Å². The molecule has 10 heteroatoms. The molecule has 3 aromatic rings. The number of fused-ring (bicyclic) bond motifs is 1. The van der Waals surface area contributed by atoms with Crippen LogP contribution in [0.1, 0.15) is 12.8 Å². The molecule has 7 nitrogen and oxygen atoms in total. The van der Waals surface area contributed by atoms with E-state index in [0.29, 0.717) is 29.0 Å². The summed E-state index contributed by atoms with van der Waals surface area (Å²) in [5.41, 5.74) is 0.814. The van der Waals surface area contributed by atoms with E-state index in [1.54, 1.807) is 24.4 Å². The minimum absolute atomic E-state index is 0.221. The van der Waals surface area contributed by atoms with E-state index >= 15 is 0 Å². The molecule has 2 heterocycles. The average Bonchev–Trinajstić information content (AvgIpc) is 3.33. The van der Waals surface area contributed by atoms with Crippen molar-refractivity contribution in [2.24, 2.45) is 0 Å². The van der Waals surface area contributed by atoms with Gasteiger partial charge in [-0.25, -0.2) is 16.8 Å². The summed E-state index contributed by atoms with van der Waals surface area (Å²) in [6.07, 6.45) is 3.10. The van der Waals surface area contributed by atoms with E-state index in [4.69, 9.17) is 11.6 Å². The van der Waals surface area contributed by atoms with Gasteiger partial charge in [0, 0.05) is 24.7 Å². The molecule has 148 valence electrons. The molecule has 1 aliphatic rings. The van der Waals surface area contributed by atoms with Gasteiger partial charge in [0.2, 0.25) is 10.0 Å². The maximum Gasteiger partial charge on any atom is 0.263 e. The van der Waals surface area contributed by atoms with Crippen LogP contribution in [0, 0.1) is 0 Å². The maximum atomic E-state index is 13.1. The van der Waals surface area contributed by atoms with E-state index in [-0.39, 0.29) is 15.5 Å². The van der Waals surface area contributed by atoms with Gasteiger partial charge in [-0.15, -0.1) is 0 Å². The SMILES string of the molecule is O=S(=O)(Nc1cccc2c(Cl)c[nH]c12)c1ccccc1S(=O)(=O)N1CCCC1. The largest absolute Gasteiger partial charge is 0.358 e. The van der Waals surface area contributed by atoms with E-state index in [2.05, 4.69) is 9.71 Å². The summed E-state index contributed by atoms with van der Waals surface area (Å²) >= 11 is 6.10. The predicted molar refractivity (Wildman–Crippen MR) is 109 cm³/mol. The van der Waals surface area contributed by atoms with Crippen LogP contribution in [0.3, 0.4) is 0 Å². The van der Waals surface area contributed by atoms with Crippen molar-refractivity contribution in [2.45, 2.75) is 22.6 Å². The molecule has 28 heavy (non-hydrogen) atoms. The first-order chi connectivity index (χ1) is 13.3. The summed E-state index contributed by atoms with van der Waals surface area (Å²) in [7, 11) is -8.06. The second-order valence-corrected chi connectivity index (χ2v) is 10.5. The lowest BCUT2D eigenvalue weighted by molar-refractivity contribution is 0.475. The van der Waals surface area contributed by atoms with Crippen molar-refractivity contribution in [2.75, 3.05) is 17.8 Å². The van der Waals surface area contributed by atoms with Gasteiger partial charge < -0.3 is 4.98 Å². The zero-order chi connectivity index (χ0) is 19.9. The van der Waals surface area contributed by atoms with Crippen molar-refractivity contribution in [1.82, 2.24) is 9.29 Å². The smallest absolute Gasteiger partial charge is 0.263 e. The number of nitrogens with one attached hydrogen (secondary N) is 2. The number of rotatable bonds is 5. The monoisotopic (exact) mass is 439 g/mol. The molecular weight excluding hydrogens is 422 g/mol. The van der Waals surface area contributed by atoms with Gasteiger partial charge in [0.15, 0.2) is 0 Å². The maximum absolute atomic E-state index is 13.1. The van der Waals surface area contributed by atoms with Crippen molar-refractivity contribution in [3.05, 3.63) is 53.7 Å². The Bertz CT molecular complexity index is 1250. The number of hydrogen-bond donors (Lipinski definition) is 2. The summed E-state index contributed by atoms with van der Waals surface area (Å²) in [5, 5.41) is 1.13. The first-order valence-electron chi connectivity index (χ1n) is 8.68. The van der Waals surface area contributed by atoms with Gasteiger partial charge in [-0.2, -0.15) is 4.31 Å². The van der Waals surface area contributed by atoms with Crippen molar-refractivity contribution in [3.8, 4) is 0 Å². The molecule has 4 rings (SSSR count). The number of aromatic amines is 1. The normalized spacial score (nSPS) is 15.9. The van der Waals surface area contributed by atoms with Crippen molar-refractivity contribution in [3.63, 3.8) is 0 Å². The van der Waals surface area contributed by atoms with Crippen LogP contribution >= 0.6 is 11.6 Å². The van der Waals surface area contributed by atoms with Gasteiger partial charge in [-0.1, -0.05) is 35.9 Å². The van der Waals surface area contributed by atoms with Crippen LogP contribution in [0.15, 0.2) is 58.5 Å². The molecule has 0 aliphatic carbocycles. The van der Waals surface area contributed by atoms with Gasteiger partial charge in [-0.3, -0.25) is 4.72 Å². The Morgan fingerprint density at radius 1 is 0.929 bits per heavy atom. The first kappa shape index (κ1) is 19.3. The highest BCUT2D eigenvalue weighted by Crippen LogP contribution is 2.32. The first-order valence-corrected chi connectivity index (χ1v) is 12.0. The molecule has 1 fully saturated rings. The second kappa shape index (κ2) is 7.07. The topological polar surface area (TPSA) is 99.3 Å². The standard InChI is InChI=1S/C18H18ClN3O4S2/c19-14-12-20-18-13(14)6-5-7-15(18)21-27(23,24)16-8-1-2-9-17(16)28(25,26)22-10-3-4-11-22/h1-2,5-9,12,20-21H,3-4,10-11H2. The van der Waals surface area contributed by atoms with Gasteiger partial charge in [-0.05, 0) is 31.0 Å². The minimum Gasteiger partial charge on any atom is -0.358 e. The number of H-pyrrole nitrogens is 1. The Balaban J connectivity index is 1.78. The number of nitrogens with zero attached hydrogens (tertiary/aromatic N) is 1. The molecule has 0 saturated carbocycles. The predicted octanol–water partition coefficient (Wildman–Crippen LogP) is 3.41. The van der Waals surface area contributed by atoms with Crippen LogP contribution in [0.4, 0.5) is 5.69 Å². The third-order valence-corrected chi connectivity index (χ3v) is 8.55. The highest BCUT2D eigenvalue weighted by atomic mass is 35.5. The van der Waals surface area contributed by atoms with Crippen LogP contribution in [0.5, 0.6) is 0 Å².